The van der Waals surface area contributed by atoms with E-state index in [-0.39, 0.29) is 29.1 Å². The van der Waals surface area contributed by atoms with Crippen molar-refractivity contribution in [3.05, 3.63) is 83.0 Å². The normalized spacial score (nSPS) is 13.8. The fourth-order valence-electron chi connectivity index (χ4n) is 5.78. The maximum atomic E-state index is 14.4. The molecule has 0 unspecified atom stereocenters. The molecule has 0 bridgehead atoms. The first-order valence-electron chi connectivity index (χ1n) is 15.3. The summed E-state index contributed by atoms with van der Waals surface area (Å²) in [5, 5.41) is 24.2. The Balaban J connectivity index is 1.16. The van der Waals surface area contributed by atoms with Gasteiger partial charge in [0.1, 0.15) is 11.6 Å². The Bertz CT molecular complexity index is 2110. The molecule has 1 aliphatic heterocycles. The third kappa shape index (κ3) is 6.52. The maximum absolute atomic E-state index is 14.4. The standard InChI is InChI=1S/C34H32ClFN8O4/c1-34(2,19-37)16-30(45)42-12-10-22(11-13-42)44-29-8-4-20(36)14-24(29)31(41-44)33(47)39-21-5-7-27(26(35)15-21)40-32(46)25-17-38-43-18-23(48-3)6-9-28(25)43/h4-9,14-15,17-18,22H,10-13,16H2,1-3H3,(H,39,47)(H,40,46). The number of benzene rings is 2. The molecular formula is C34H32ClFN8O4. The minimum atomic E-state index is -0.748. The van der Waals surface area contributed by atoms with Crippen molar-refractivity contribution in [3.63, 3.8) is 0 Å². The second kappa shape index (κ2) is 13.0. The van der Waals surface area contributed by atoms with Crippen molar-refractivity contribution < 1.29 is 23.5 Å². The van der Waals surface area contributed by atoms with Crippen LogP contribution in [0.25, 0.3) is 16.4 Å². The Morgan fingerprint density at radius 2 is 1.81 bits per heavy atom. The predicted molar refractivity (Wildman–Crippen MR) is 178 cm³/mol. The Morgan fingerprint density at radius 3 is 2.52 bits per heavy atom. The lowest BCUT2D eigenvalue weighted by Crippen LogP contribution is -2.40. The van der Waals surface area contributed by atoms with E-state index in [0.29, 0.717) is 65.0 Å². The number of hydrogen-bond acceptors (Lipinski definition) is 7. The summed E-state index contributed by atoms with van der Waals surface area (Å²) in [6.07, 6.45) is 4.40. The lowest BCUT2D eigenvalue weighted by atomic mass is 9.90. The van der Waals surface area contributed by atoms with E-state index in [1.807, 2.05) is 0 Å². The quantitative estimate of drug-likeness (QED) is 0.203. The Morgan fingerprint density at radius 1 is 1.06 bits per heavy atom. The topological polar surface area (TPSA) is 147 Å². The van der Waals surface area contributed by atoms with Crippen LogP contribution < -0.4 is 15.4 Å². The molecule has 12 nitrogen and oxygen atoms in total. The summed E-state index contributed by atoms with van der Waals surface area (Å²) >= 11 is 6.50. The van der Waals surface area contributed by atoms with Crippen LogP contribution in [0.15, 0.2) is 60.9 Å². The zero-order chi connectivity index (χ0) is 34.2. The van der Waals surface area contributed by atoms with Gasteiger partial charge in [0.05, 0.1) is 64.3 Å². The van der Waals surface area contributed by atoms with Crippen LogP contribution in [-0.4, -0.2) is 62.2 Å². The van der Waals surface area contributed by atoms with Crippen molar-refractivity contribution in [1.82, 2.24) is 24.3 Å². The summed E-state index contributed by atoms with van der Waals surface area (Å²) in [4.78, 5) is 41.1. The number of halogens is 2. The van der Waals surface area contributed by atoms with Gasteiger partial charge in [-0.25, -0.2) is 8.91 Å². The first-order chi connectivity index (χ1) is 23.0. The third-order valence-corrected chi connectivity index (χ3v) is 8.70. The molecule has 5 aromatic rings. The molecule has 246 valence electrons. The van der Waals surface area contributed by atoms with Crippen LogP contribution in [0.4, 0.5) is 15.8 Å². The molecule has 0 spiro atoms. The highest BCUT2D eigenvalue weighted by Gasteiger charge is 2.30. The van der Waals surface area contributed by atoms with Gasteiger partial charge < -0.3 is 20.3 Å². The van der Waals surface area contributed by atoms with Crippen molar-refractivity contribution in [2.45, 2.75) is 39.2 Å². The Hall–Kier alpha value is -5.48. The molecule has 1 saturated heterocycles. The first-order valence-corrected chi connectivity index (χ1v) is 15.6. The van der Waals surface area contributed by atoms with E-state index in [0.717, 1.165) is 0 Å². The molecular weight excluding hydrogens is 639 g/mol. The van der Waals surface area contributed by atoms with Gasteiger partial charge in [-0.3, -0.25) is 19.1 Å². The van der Waals surface area contributed by atoms with Crippen LogP contribution in [0.5, 0.6) is 5.75 Å². The van der Waals surface area contributed by atoms with Gasteiger partial charge in [-0.2, -0.15) is 15.5 Å². The van der Waals surface area contributed by atoms with Crippen LogP contribution in [0.3, 0.4) is 0 Å². The van der Waals surface area contributed by atoms with E-state index >= 15 is 0 Å². The molecule has 3 amide bonds. The van der Waals surface area contributed by atoms with Gasteiger partial charge >= 0.3 is 0 Å². The largest absolute Gasteiger partial charge is 0.495 e. The lowest BCUT2D eigenvalue weighted by molar-refractivity contribution is -0.134. The molecule has 1 aliphatic rings. The SMILES string of the molecule is COc1ccc2c(C(=O)Nc3ccc(NC(=O)c4nn(C5CCN(C(=O)CC(C)(C)C#N)CC5)c5ccc(F)cc45)cc3Cl)cnn2c1. The molecule has 0 aliphatic carbocycles. The van der Waals surface area contributed by atoms with Gasteiger partial charge in [0.25, 0.3) is 11.8 Å². The molecule has 48 heavy (non-hydrogen) atoms. The average Bonchev–Trinajstić information content (AvgIpc) is 3.67. The molecule has 0 atom stereocenters. The second-order valence-electron chi connectivity index (χ2n) is 12.3. The van der Waals surface area contributed by atoms with Gasteiger partial charge in [0, 0.05) is 30.6 Å². The highest BCUT2D eigenvalue weighted by Crippen LogP contribution is 2.32. The molecule has 14 heteroatoms. The third-order valence-electron chi connectivity index (χ3n) is 8.39. The van der Waals surface area contributed by atoms with Crippen LogP contribution in [0.2, 0.25) is 5.02 Å². The summed E-state index contributed by atoms with van der Waals surface area (Å²) in [5.41, 5.74) is 1.47. The number of piperidine rings is 1. The molecule has 0 radical (unpaired) electrons. The minimum absolute atomic E-state index is 0.0389. The number of carbonyl (C=O) groups is 3. The Kier molecular flexibility index (Phi) is 8.77. The molecule has 2 N–H and O–H groups in total. The number of carbonyl (C=O) groups excluding carboxylic acids is 3. The van der Waals surface area contributed by atoms with E-state index in [9.17, 15) is 24.0 Å². The van der Waals surface area contributed by atoms with E-state index in [4.69, 9.17) is 16.3 Å². The zero-order valence-corrected chi connectivity index (χ0v) is 27.2. The molecule has 0 saturated carbocycles. The maximum Gasteiger partial charge on any atom is 0.276 e. The number of ether oxygens (including phenoxy) is 1. The number of methoxy groups -OCH3 is 1. The van der Waals surface area contributed by atoms with E-state index < -0.39 is 23.0 Å². The lowest BCUT2D eigenvalue weighted by Gasteiger charge is -2.33. The smallest absolute Gasteiger partial charge is 0.276 e. The first kappa shape index (κ1) is 32.5. The summed E-state index contributed by atoms with van der Waals surface area (Å²) in [5.74, 6) is -0.979. The molecule has 4 heterocycles. The summed E-state index contributed by atoms with van der Waals surface area (Å²) in [6, 6.07) is 14.3. The highest BCUT2D eigenvalue weighted by molar-refractivity contribution is 6.34. The van der Waals surface area contributed by atoms with Crippen molar-refractivity contribution >= 4 is 57.1 Å². The van der Waals surface area contributed by atoms with Crippen LogP contribution in [0.1, 0.15) is 60.0 Å². The number of aromatic nitrogens is 4. The number of hydrogen-bond donors (Lipinski definition) is 2. The number of anilines is 2. The average molecular weight is 671 g/mol. The fraction of sp³-hybridized carbons (Fsp3) is 0.294. The highest BCUT2D eigenvalue weighted by atomic mass is 35.5. The number of nitrogens with one attached hydrogen (secondary N) is 2. The van der Waals surface area contributed by atoms with Crippen LogP contribution >= 0.6 is 11.6 Å². The predicted octanol–water partition coefficient (Wildman–Crippen LogP) is 6.09. The summed E-state index contributed by atoms with van der Waals surface area (Å²) < 4.78 is 22.9. The number of likely N-dealkylation sites (tertiary alicyclic amines) is 1. The second-order valence-corrected chi connectivity index (χ2v) is 12.7. The minimum Gasteiger partial charge on any atom is -0.495 e. The van der Waals surface area contributed by atoms with Gasteiger partial charge in [-0.1, -0.05) is 11.6 Å². The zero-order valence-electron chi connectivity index (χ0n) is 26.5. The van der Waals surface area contributed by atoms with Crippen molar-refractivity contribution in [2.24, 2.45) is 5.41 Å². The monoisotopic (exact) mass is 670 g/mol. The molecule has 1 fully saturated rings. The van der Waals surface area contributed by atoms with E-state index in [1.54, 1.807) is 67.1 Å². The van der Waals surface area contributed by atoms with Crippen molar-refractivity contribution in [1.29, 1.82) is 5.26 Å². The van der Waals surface area contributed by atoms with Crippen molar-refractivity contribution in [2.75, 3.05) is 30.8 Å². The van der Waals surface area contributed by atoms with Gasteiger partial charge in [-0.05, 0) is 75.2 Å². The number of amides is 3. The van der Waals surface area contributed by atoms with Crippen LogP contribution in [0, 0.1) is 22.6 Å². The number of pyridine rings is 1. The number of nitrogens with zero attached hydrogens (tertiary/aromatic N) is 6. The van der Waals surface area contributed by atoms with Gasteiger partial charge in [0.15, 0.2) is 5.69 Å². The number of rotatable bonds is 8. The van der Waals surface area contributed by atoms with Gasteiger partial charge in [-0.15, -0.1) is 0 Å². The van der Waals surface area contributed by atoms with E-state index in [1.165, 1.54) is 28.9 Å². The molecule has 3 aromatic heterocycles. The summed E-state index contributed by atoms with van der Waals surface area (Å²) in [7, 11) is 1.54. The number of fused-ring (bicyclic) bond motifs is 2. The number of nitriles is 1. The summed E-state index contributed by atoms with van der Waals surface area (Å²) in [6.45, 7) is 4.43. The van der Waals surface area contributed by atoms with Crippen LogP contribution in [-0.2, 0) is 4.79 Å². The fourth-order valence-corrected chi connectivity index (χ4v) is 6.01. The molecule has 6 rings (SSSR count). The molecule has 2 aromatic carbocycles. The van der Waals surface area contributed by atoms with Crippen molar-refractivity contribution in [3.8, 4) is 11.8 Å². The van der Waals surface area contributed by atoms with E-state index in [2.05, 4.69) is 26.9 Å². The van der Waals surface area contributed by atoms with Gasteiger partial charge in [0.2, 0.25) is 5.91 Å². The Labute approximate surface area is 280 Å².